The zero-order chi connectivity index (χ0) is 15.0. The van der Waals surface area contributed by atoms with Crippen LogP contribution in [0.25, 0.3) is 0 Å². The molecule has 2 fully saturated rings. The second-order valence-corrected chi connectivity index (χ2v) is 6.70. The number of aliphatic carboxylic acids is 1. The van der Waals surface area contributed by atoms with Gasteiger partial charge in [0.05, 0.1) is 0 Å². The molecule has 6 heteroatoms. The zero-order valence-corrected chi connectivity index (χ0v) is 12.4. The number of carboxylic acids is 1. The van der Waals surface area contributed by atoms with Crippen LogP contribution in [0.5, 0.6) is 0 Å². The maximum Gasteiger partial charge on any atom is 0.408 e. The lowest BCUT2D eigenvalue weighted by atomic mass is 9.85. The van der Waals surface area contributed by atoms with Crippen LogP contribution in [0, 0.1) is 0 Å². The summed E-state index contributed by atoms with van der Waals surface area (Å²) >= 11 is 0. The molecule has 6 nitrogen and oxygen atoms in total. The maximum atomic E-state index is 12.0. The lowest BCUT2D eigenvalue weighted by Crippen LogP contribution is -2.63. The van der Waals surface area contributed by atoms with Gasteiger partial charge in [0.1, 0.15) is 5.60 Å². The van der Waals surface area contributed by atoms with Gasteiger partial charge in [-0.25, -0.2) is 9.59 Å². The van der Waals surface area contributed by atoms with Gasteiger partial charge in [-0.05, 0) is 46.6 Å². The molecular formula is C14H24N2O4. The van der Waals surface area contributed by atoms with Crippen molar-refractivity contribution in [3.8, 4) is 0 Å². The van der Waals surface area contributed by atoms with Crippen LogP contribution in [0.2, 0.25) is 0 Å². The van der Waals surface area contributed by atoms with E-state index in [0.717, 1.165) is 25.8 Å². The van der Waals surface area contributed by atoms with E-state index in [1.165, 1.54) is 0 Å². The van der Waals surface area contributed by atoms with Crippen LogP contribution >= 0.6 is 0 Å². The Morgan fingerprint density at radius 2 is 2.00 bits per heavy atom. The molecule has 0 saturated carbocycles. The second kappa shape index (κ2) is 5.24. The van der Waals surface area contributed by atoms with Crippen LogP contribution < -0.4 is 5.32 Å². The van der Waals surface area contributed by atoms with Crippen LogP contribution in [0.15, 0.2) is 0 Å². The van der Waals surface area contributed by atoms with Crippen molar-refractivity contribution in [2.45, 2.75) is 63.6 Å². The topological polar surface area (TPSA) is 78.9 Å². The van der Waals surface area contributed by atoms with Crippen molar-refractivity contribution in [1.82, 2.24) is 10.2 Å². The molecule has 0 radical (unpaired) electrons. The number of piperidine rings is 1. The van der Waals surface area contributed by atoms with E-state index < -0.39 is 23.2 Å². The average Bonchev–Trinajstić information content (AvgIpc) is 2.67. The molecule has 0 aromatic carbocycles. The molecule has 0 aliphatic carbocycles. The van der Waals surface area contributed by atoms with E-state index >= 15 is 0 Å². The minimum Gasteiger partial charge on any atom is -0.479 e. The molecule has 2 atom stereocenters. The van der Waals surface area contributed by atoms with Crippen LogP contribution in [-0.4, -0.2) is 52.3 Å². The molecule has 0 aromatic heterocycles. The minimum atomic E-state index is -1.21. The van der Waals surface area contributed by atoms with Crippen molar-refractivity contribution >= 4 is 12.1 Å². The van der Waals surface area contributed by atoms with Gasteiger partial charge in [0, 0.05) is 12.6 Å². The Morgan fingerprint density at radius 1 is 1.30 bits per heavy atom. The number of rotatable bonds is 2. The average molecular weight is 284 g/mol. The van der Waals surface area contributed by atoms with Crippen molar-refractivity contribution in [1.29, 1.82) is 0 Å². The molecule has 2 aliphatic heterocycles. The summed E-state index contributed by atoms with van der Waals surface area (Å²) in [4.78, 5) is 25.9. The van der Waals surface area contributed by atoms with Crippen molar-refractivity contribution in [2.24, 2.45) is 0 Å². The summed E-state index contributed by atoms with van der Waals surface area (Å²) in [5, 5.41) is 12.3. The second-order valence-electron chi connectivity index (χ2n) is 6.70. The Bertz CT molecular complexity index is 404. The predicted octanol–water partition coefficient (Wildman–Crippen LogP) is 1.59. The predicted molar refractivity (Wildman–Crippen MR) is 73.6 cm³/mol. The first kappa shape index (κ1) is 15.1. The summed E-state index contributed by atoms with van der Waals surface area (Å²) in [6, 6.07) is -0.124. The van der Waals surface area contributed by atoms with Crippen molar-refractivity contribution in [3.05, 3.63) is 0 Å². The number of nitrogens with one attached hydrogen (secondary N) is 1. The number of fused-ring (bicyclic) bond motifs is 1. The number of ether oxygens (including phenoxy) is 1. The van der Waals surface area contributed by atoms with Gasteiger partial charge in [-0.1, -0.05) is 6.42 Å². The van der Waals surface area contributed by atoms with Crippen LogP contribution in [0.3, 0.4) is 0 Å². The molecule has 114 valence electrons. The van der Waals surface area contributed by atoms with Gasteiger partial charge in [0.2, 0.25) is 0 Å². The van der Waals surface area contributed by atoms with E-state index in [2.05, 4.69) is 10.2 Å². The lowest BCUT2D eigenvalue weighted by Gasteiger charge is -2.38. The van der Waals surface area contributed by atoms with E-state index in [-0.39, 0.29) is 6.04 Å². The monoisotopic (exact) mass is 284 g/mol. The summed E-state index contributed by atoms with van der Waals surface area (Å²) in [6.45, 7) is 6.92. The molecule has 2 unspecified atom stereocenters. The SMILES string of the molecule is CC(C)(C)OC(=O)NC1(C(=O)O)CCN2CCCCC21. The normalized spacial score (nSPS) is 30.6. The Kier molecular flexibility index (Phi) is 3.95. The van der Waals surface area contributed by atoms with Crippen molar-refractivity contribution in [2.75, 3.05) is 13.1 Å². The third-order valence-corrected chi connectivity index (χ3v) is 4.08. The lowest BCUT2D eigenvalue weighted by molar-refractivity contribution is -0.146. The number of carboxylic acid groups (broad SMARTS) is 1. The smallest absolute Gasteiger partial charge is 0.408 e. The highest BCUT2D eigenvalue weighted by Gasteiger charge is 2.54. The fourth-order valence-electron chi connectivity index (χ4n) is 3.24. The molecule has 2 rings (SSSR count). The third-order valence-electron chi connectivity index (χ3n) is 4.08. The molecule has 2 saturated heterocycles. The first-order valence-electron chi connectivity index (χ1n) is 7.23. The molecule has 1 amide bonds. The summed E-state index contributed by atoms with van der Waals surface area (Å²) in [6.07, 6.45) is 2.70. The maximum absolute atomic E-state index is 12.0. The van der Waals surface area contributed by atoms with E-state index in [1.54, 1.807) is 20.8 Å². The van der Waals surface area contributed by atoms with Crippen LogP contribution in [-0.2, 0) is 9.53 Å². The Labute approximate surface area is 119 Å². The summed E-state index contributed by atoms with van der Waals surface area (Å²) in [5.74, 6) is -0.960. The first-order valence-corrected chi connectivity index (χ1v) is 7.23. The van der Waals surface area contributed by atoms with Gasteiger partial charge in [-0.2, -0.15) is 0 Å². The highest BCUT2D eigenvalue weighted by molar-refractivity contribution is 5.86. The van der Waals surface area contributed by atoms with Gasteiger partial charge in [-0.3, -0.25) is 4.90 Å². The summed E-state index contributed by atoms with van der Waals surface area (Å²) in [7, 11) is 0. The number of amides is 1. The Balaban J connectivity index is 2.14. The Hall–Kier alpha value is -1.30. The van der Waals surface area contributed by atoms with E-state index in [4.69, 9.17) is 4.74 Å². The minimum absolute atomic E-state index is 0.124. The highest BCUT2D eigenvalue weighted by atomic mass is 16.6. The molecule has 0 aromatic rings. The van der Waals surface area contributed by atoms with Crippen molar-refractivity contribution < 1.29 is 19.4 Å². The van der Waals surface area contributed by atoms with Gasteiger partial charge in [0.15, 0.2) is 5.54 Å². The first-order chi connectivity index (χ1) is 9.24. The van der Waals surface area contributed by atoms with Gasteiger partial charge in [0.25, 0.3) is 0 Å². The van der Waals surface area contributed by atoms with E-state index in [9.17, 15) is 14.7 Å². The summed E-state index contributed by atoms with van der Waals surface area (Å²) < 4.78 is 5.22. The van der Waals surface area contributed by atoms with Crippen LogP contribution in [0.1, 0.15) is 46.5 Å². The molecule has 0 spiro atoms. The standard InChI is InChI=1S/C14H24N2O4/c1-13(2,3)20-12(19)15-14(11(17)18)7-9-16-8-5-4-6-10(14)16/h10H,4-9H2,1-3H3,(H,15,19)(H,17,18). The number of alkyl carbamates (subject to hydrolysis) is 1. The molecule has 2 aliphatic rings. The number of hydrogen-bond acceptors (Lipinski definition) is 4. The van der Waals surface area contributed by atoms with Crippen LogP contribution in [0.4, 0.5) is 4.79 Å². The fraction of sp³-hybridized carbons (Fsp3) is 0.857. The van der Waals surface area contributed by atoms with Gasteiger partial charge < -0.3 is 15.2 Å². The quantitative estimate of drug-likeness (QED) is 0.805. The molecule has 0 bridgehead atoms. The van der Waals surface area contributed by atoms with E-state index in [1.807, 2.05) is 0 Å². The number of nitrogens with zero attached hydrogens (tertiary/aromatic N) is 1. The number of carbonyl (C=O) groups is 2. The third kappa shape index (κ3) is 2.90. The largest absolute Gasteiger partial charge is 0.479 e. The zero-order valence-electron chi connectivity index (χ0n) is 12.4. The number of carbonyl (C=O) groups excluding carboxylic acids is 1. The molecular weight excluding hydrogens is 260 g/mol. The van der Waals surface area contributed by atoms with Gasteiger partial charge in [-0.15, -0.1) is 0 Å². The summed E-state index contributed by atoms with van der Waals surface area (Å²) in [5.41, 5.74) is -1.84. The molecule has 20 heavy (non-hydrogen) atoms. The van der Waals surface area contributed by atoms with Crippen molar-refractivity contribution in [3.63, 3.8) is 0 Å². The highest BCUT2D eigenvalue weighted by Crippen LogP contribution is 2.35. The van der Waals surface area contributed by atoms with Gasteiger partial charge >= 0.3 is 12.1 Å². The number of hydrogen-bond donors (Lipinski definition) is 2. The fourth-order valence-corrected chi connectivity index (χ4v) is 3.24. The molecule has 2 heterocycles. The van der Waals surface area contributed by atoms with E-state index in [0.29, 0.717) is 13.0 Å². The Morgan fingerprint density at radius 3 is 2.60 bits per heavy atom. The molecule has 2 N–H and O–H groups in total.